The van der Waals surface area contributed by atoms with E-state index in [9.17, 15) is 0 Å². The molecule has 0 bridgehead atoms. The van der Waals surface area contributed by atoms with E-state index in [1.807, 2.05) is 54.7 Å². The molecule has 5 aromatic rings. The maximum absolute atomic E-state index is 6.41. The first-order valence-electron chi connectivity index (χ1n) is 10.7. The van der Waals surface area contributed by atoms with Crippen molar-refractivity contribution in [1.82, 2.24) is 24.9 Å². The highest BCUT2D eigenvalue weighted by Crippen LogP contribution is 2.40. The number of nitrogens with two attached hydrogens (primary N) is 1. The van der Waals surface area contributed by atoms with E-state index in [0.29, 0.717) is 23.4 Å². The fourth-order valence-electron chi connectivity index (χ4n) is 4.20. The van der Waals surface area contributed by atoms with Gasteiger partial charge in [0.15, 0.2) is 5.82 Å². The van der Waals surface area contributed by atoms with Gasteiger partial charge in [0, 0.05) is 28.7 Å². The molecule has 1 aliphatic rings. The fourth-order valence-corrected chi connectivity index (χ4v) is 4.20. The van der Waals surface area contributed by atoms with Crippen LogP contribution in [0.5, 0.6) is 0 Å². The van der Waals surface area contributed by atoms with Gasteiger partial charge in [-0.1, -0.05) is 24.6 Å². The number of nitrogen functional groups attached to an aromatic ring is 1. The van der Waals surface area contributed by atoms with Crippen LogP contribution in [-0.4, -0.2) is 24.9 Å². The van der Waals surface area contributed by atoms with Gasteiger partial charge in [0.05, 0.1) is 17.2 Å². The van der Waals surface area contributed by atoms with Crippen molar-refractivity contribution >= 4 is 39.3 Å². The number of para-hydroxylation sites is 1. The molecule has 0 spiro atoms. The molecule has 0 atom stereocenters. The van der Waals surface area contributed by atoms with Crippen LogP contribution >= 0.6 is 0 Å². The molecule has 0 unspecified atom stereocenters. The average molecular weight is 419 g/mol. The molecule has 7 nitrogen and oxygen atoms in total. The van der Waals surface area contributed by atoms with Gasteiger partial charge < -0.3 is 11.1 Å². The second-order valence-corrected chi connectivity index (χ2v) is 8.13. The van der Waals surface area contributed by atoms with Crippen LogP contribution in [0.1, 0.15) is 30.7 Å². The van der Waals surface area contributed by atoms with Gasteiger partial charge in [0.2, 0.25) is 0 Å². The third-order valence-corrected chi connectivity index (χ3v) is 6.08. The van der Waals surface area contributed by atoms with Crippen LogP contribution in [0.3, 0.4) is 0 Å². The monoisotopic (exact) mass is 419 g/mol. The molecule has 4 aromatic heterocycles. The summed E-state index contributed by atoms with van der Waals surface area (Å²) < 4.78 is 0. The van der Waals surface area contributed by atoms with Crippen LogP contribution in [0.25, 0.3) is 33.2 Å². The smallest absolute Gasteiger partial charge is 0.162 e. The van der Waals surface area contributed by atoms with Gasteiger partial charge in [0.25, 0.3) is 0 Å². The van der Waals surface area contributed by atoms with Crippen molar-refractivity contribution in [3.05, 3.63) is 72.7 Å². The molecule has 0 aliphatic heterocycles. The number of rotatable bonds is 4. The molecular weight excluding hydrogens is 398 g/mol. The Morgan fingerprint density at radius 3 is 2.66 bits per heavy atom. The van der Waals surface area contributed by atoms with Crippen molar-refractivity contribution in [2.45, 2.75) is 25.2 Å². The minimum Gasteiger partial charge on any atom is -0.383 e. The summed E-state index contributed by atoms with van der Waals surface area (Å²) in [5.41, 5.74) is 10.1. The number of aromatic nitrogens is 5. The van der Waals surface area contributed by atoms with Crippen LogP contribution in [-0.2, 0) is 0 Å². The minimum absolute atomic E-state index is 0.497. The third-order valence-electron chi connectivity index (χ3n) is 6.08. The predicted octanol–water partition coefficient (Wildman–Crippen LogP) is 5.23. The number of nitrogens with zero attached hydrogens (tertiary/aromatic N) is 5. The van der Waals surface area contributed by atoms with E-state index >= 15 is 0 Å². The Bertz CT molecular complexity index is 1460. The zero-order valence-electron chi connectivity index (χ0n) is 17.4. The second kappa shape index (κ2) is 7.53. The Morgan fingerprint density at radius 1 is 0.875 bits per heavy atom. The van der Waals surface area contributed by atoms with E-state index in [1.165, 1.54) is 19.3 Å². The zero-order valence-corrected chi connectivity index (χ0v) is 17.4. The molecule has 7 heteroatoms. The van der Waals surface area contributed by atoms with Gasteiger partial charge in [-0.25, -0.2) is 19.9 Å². The van der Waals surface area contributed by atoms with E-state index < -0.39 is 0 Å². The highest BCUT2D eigenvalue weighted by Gasteiger charge is 2.24. The van der Waals surface area contributed by atoms with Crippen molar-refractivity contribution in [2.75, 3.05) is 11.1 Å². The molecule has 4 heterocycles. The number of fused-ring (bicyclic) bond motifs is 2. The Morgan fingerprint density at radius 2 is 1.78 bits per heavy atom. The Kier molecular flexibility index (Phi) is 4.38. The molecule has 1 fully saturated rings. The molecular formula is C25H21N7. The molecule has 0 saturated heterocycles. The molecule has 1 aromatic carbocycles. The standard InChI is InChI=1S/C25H21N7/c26-24-23-18(15-5-3-6-15)13-27-14-20(23)30-25(32-24)17-10-11-28-22(12-17)31-21-9-8-16-4-1-2-7-19(16)29-21/h1-2,4,7-15H,3,5-6H2,(H2,26,30,32)(H,28,29,31). The topological polar surface area (TPSA) is 102 Å². The van der Waals surface area contributed by atoms with Gasteiger partial charge in [-0.15, -0.1) is 0 Å². The molecule has 0 radical (unpaired) electrons. The number of pyridine rings is 3. The average Bonchev–Trinajstić information content (AvgIpc) is 2.78. The summed E-state index contributed by atoms with van der Waals surface area (Å²) in [6.07, 6.45) is 8.99. The van der Waals surface area contributed by atoms with Crippen LogP contribution in [0, 0.1) is 0 Å². The highest BCUT2D eigenvalue weighted by molar-refractivity contribution is 5.92. The second-order valence-electron chi connectivity index (χ2n) is 8.13. The van der Waals surface area contributed by atoms with Crippen LogP contribution in [0.15, 0.2) is 67.1 Å². The summed E-state index contributed by atoms with van der Waals surface area (Å²) in [4.78, 5) is 22.9. The lowest BCUT2D eigenvalue weighted by atomic mass is 9.79. The van der Waals surface area contributed by atoms with Gasteiger partial charge in [0.1, 0.15) is 17.5 Å². The van der Waals surface area contributed by atoms with Crippen LogP contribution < -0.4 is 11.1 Å². The maximum atomic E-state index is 6.41. The molecule has 0 amide bonds. The lowest BCUT2D eigenvalue weighted by Crippen LogP contribution is -2.11. The van der Waals surface area contributed by atoms with Crippen LogP contribution in [0.2, 0.25) is 0 Å². The number of hydrogen-bond donors (Lipinski definition) is 2. The van der Waals surface area contributed by atoms with E-state index in [0.717, 1.165) is 38.8 Å². The van der Waals surface area contributed by atoms with Crippen molar-refractivity contribution in [1.29, 1.82) is 0 Å². The summed E-state index contributed by atoms with van der Waals surface area (Å²) in [6, 6.07) is 15.8. The highest BCUT2D eigenvalue weighted by atomic mass is 15.1. The molecule has 3 N–H and O–H groups in total. The summed E-state index contributed by atoms with van der Waals surface area (Å²) in [7, 11) is 0. The van der Waals surface area contributed by atoms with Crippen molar-refractivity contribution in [3.63, 3.8) is 0 Å². The molecule has 1 aliphatic carbocycles. The molecule has 1 saturated carbocycles. The summed E-state index contributed by atoms with van der Waals surface area (Å²) >= 11 is 0. The lowest BCUT2D eigenvalue weighted by molar-refractivity contribution is 0.421. The third kappa shape index (κ3) is 3.28. The normalized spacial score (nSPS) is 13.9. The quantitative estimate of drug-likeness (QED) is 0.411. The summed E-state index contributed by atoms with van der Waals surface area (Å²) in [5, 5.41) is 5.30. The maximum Gasteiger partial charge on any atom is 0.162 e. The van der Waals surface area contributed by atoms with Gasteiger partial charge in [-0.2, -0.15) is 0 Å². The Labute approximate surface area is 184 Å². The number of benzene rings is 1. The SMILES string of the molecule is Nc1nc(-c2ccnc(Nc3ccc4ccccc4n3)c2)nc2cncc(C3CCC3)c12. The van der Waals surface area contributed by atoms with Crippen LogP contribution in [0.4, 0.5) is 17.5 Å². The number of anilines is 3. The fraction of sp³-hybridized carbons (Fsp3) is 0.160. The number of hydrogen-bond acceptors (Lipinski definition) is 7. The Balaban J connectivity index is 1.35. The van der Waals surface area contributed by atoms with Crippen molar-refractivity contribution < 1.29 is 0 Å². The molecule has 32 heavy (non-hydrogen) atoms. The first-order chi connectivity index (χ1) is 15.7. The van der Waals surface area contributed by atoms with Crippen molar-refractivity contribution in [2.24, 2.45) is 0 Å². The largest absolute Gasteiger partial charge is 0.383 e. The first kappa shape index (κ1) is 18.6. The number of nitrogens with one attached hydrogen (secondary N) is 1. The van der Waals surface area contributed by atoms with E-state index in [4.69, 9.17) is 10.7 Å². The summed E-state index contributed by atoms with van der Waals surface area (Å²) in [6.45, 7) is 0. The molecule has 156 valence electrons. The van der Waals surface area contributed by atoms with Gasteiger partial charge >= 0.3 is 0 Å². The minimum atomic E-state index is 0.497. The van der Waals surface area contributed by atoms with Gasteiger partial charge in [-0.05, 0) is 54.7 Å². The predicted molar refractivity (Wildman–Crippen MR) is 127 cm³/mol. The first-order valence-corrected chi connectivity index (χ1v) is 10.7. The van der Waals surface area contributed by atoms with E-state index in [2.05, 4.69) is 25.3 Å². The van der Waals surface area contributed by atoms with E-state index in [-0.39, 0.29) is 0 Å². The van der Waals surface area contributed by atoms with Gasteiger partial charge in [-0.3, -0.25) is 4.98 Å². The van der Waals surface area contributed by atoms with E-state index in [1.54, 1.807) is 12.4 Å². The summed E-state index contributed by atoms with van der Waals surface area (Å²) in [5.74, 6) is 2.95. The molecule has 6 rings (SSSR count). The van der Waals surface area contributed by atoms with Crippen molar-refractivity contribution in [3.8, 4) is 11.4 Å². The zero-order chi connectivity index (χ0) is 21.5. The Hall–Kier alpha value is -4.13. The lowest BCUT2D eigenvalue weighted by Gasteiger charge is -2.26.